The van der Waals surface area contributed by atoms with Crippen molar-refractivity contribution in [3.63, 3.8) is 0 Å². The van der Waals surface area contributed by atoms with Gasteiger partial charge in [0.15, 0.2) is 16.5 Å². The lowest BCUT2D eigenvalue weighted by Crippen LogP contribution is -2.39. The van der Waals surface area contributed by atoms with Crippen molar-refractivity contribution in [1.29, 1.82) is 0 Å². The first-order chi connectivity index (χ1) is 36.7. The van der Waals surface area contributed by atoms with Gasteiger partial charge in [-0.25, -0.2) is 13.8 Å². The van der Waals surface area contributed by atoms with Crippen LogP contribution in [0.1, 0.15) is 61.6 Å². The molecule has 1 aromatic carbocycles. The number of amidine groups is 1. The molecule has 3 heterocycles. The highest BCUT2D eigenvalue weighted by Gasteiger charge is 2.34. The number of halogens is 4. The largest absolute Gasteiger partial charge is 0.420 e. The lowest BCUT2D eigenvalue weighted by molar-refractivity contribution is -0.136. The molecule has 0 saturated carbocycles. The summed E-state index contributed by atoms with van der Waals surface area (Å²) in [5.41, 5.74) is 7.60. The molecule has 4 N–H and O–H groups in total. The first kappa shape index (κ1) is 64.3. The summed E-state index contributed by atoms with van der Waals surface area (Å²) in [5.74, 6) is -11.7. The highest BCUT2D eigenvalue weighted by molar-refractivity contribution is 7.85. The van der Waals surface area contributed by atoms with Gasteiger partial charge in [-0.2, -0.15) is 17.2 Å². The summed E-state index contributed by atoms with van der Waals surface area (Å²) in [6, 6.07) is 2.09. The number of carbonyl (C=O) groups is 3. The number of nitrogens with zero attached hydrogens (tertiary/aromatic N) is 2. The number of thiophene rings is 1. The second-order valence-electron chi connectivity index (χ2n) is 17.0. The Morgan fingerprint density at radius 2 is 1.13 bits per heavy atom. The predicted octanol–water partition coefficient (Wildman–Crippen LogP) is 4.58. The van der Waals surface area contributed by atoms with Crippen LogP contribution in [0.5, 0.6) is 5.75 Å². The number of nitrogens with one attached hydrogen (secondary N) is 1. The highest BCUT2D eigenvalue weighted by Crippen LogP contribution is 2.36. The Morgan fingerprint density at radius 3 is 1.57 bits per heavy atom. The number of aryl methyl sites for hydroxylation is 1. The summed E-state index contributed by atoms with van der Waals surface area (Å²) in [4.78, 5) is 43.6. The molecular formula is C49H72F4N4O17S2. The Balaban J connectivity index is 0.824. The van der Waals surface area contributed by atoms with E-state index in [4.69, 9.17) is 57.7 Å². The van der Waals surface area contributed by atoms with Crippen LogP contribution in [0.2, 0.25) is 0 Å². The van der Waals surface area contributed by atoms with Gasteiger partial charge in [0, 0.05) is 36.5 Å². The maximum Gasteiger partial charge on any atom is 0.313 e. The van der Waals surface area contributed by atoms with Crippen LogP contribution in [0.4, 0.5) is 23.2 Å². The fourth-order valence-electron chi connectivity index (χ4n) is 7.30. The summed E-state index contributed by atoms with van der Waals surface area (Å²) in [6.45, 7) is 10.4. The number of aliphatic imine (C=N–C) groups is 1. The van der Waals surface area contributed by atoms with Crippen molar-refractivity contribution in [2.45, 2.75) is 63.2 Å². The zero-order chi connectivity index (χ0) is 55.0. The summed E-state index contributed by atoms with van der Waals surface area (Å²) >= 11 is 1.67. The Bertz CT molecular complexity index is 2220. The summed E-state index contributed by atoms with van der Waals surface area (Å²) in [6.07, 6.45) is 6.81. The number of piperidine rings is 1. The number of likely N-dealkylation sites (tertiary alicyclic amines) is 1. The van der Waals surface area contributed by atoms with Crippen LogP contribution >= 0.6 is 11.3 Å². The van der Waals surface area contributed by atoms with E-state index in [0.717, 1.165) is 55.8 Å². The molecule has 2 aliphatic heterocycles. The third-order valence-corrected chi connectivity index (χ3v) is 13.2. The molecule has 2 amide bonds. The molecule has 27 heteroatoms. The molecule has 1 fully saturated rings. The second kappa shape index (κ2) is 36.8. The maximum absolute atomic E-state index is 14.0. The van der Waals surface area contributed by atoms with Crippen LogP contribution in [0.25, 0.3) is 6.08 Å². The number of nitrogens with two attached hydrogens (primary N) is 1. The number of carbonyl (C=O) groups excluding carboxylic acids is 3. The number of benzene rings is 1. The molecule has 430 valence electrons. The molecule has 0 spiro atoms. The average molecular weight is 1130 g/mol. The first-order valence-corrected chi connectivity index (χ1v) is 27.5. The van der Waals surface area contributed by atoms with E-state index in [1.54, 1.807) is 11.3 Å². The Labute approximate surface area is 444 Å². The monoisotopic (exact) mass is 1130 g/mol. The number of amides is 2. The third-order valence-electron chi connectivity index (χ3n) is 11.2. The fraction of sp³-hybridized carbons (Fsp3) is 0.673. The maximum atomic E-state index is 14.0. The van der Waals surface area contributed by atoms with Crippen molar-refractivity contribution in [3.8, 4) is 5.75 Å². The lowest BCUT2D eigenvalue weighted by atomic mass is 9.92. The van der Waals surface area contributed by atoms with Gasteiger partial charge < -0.3 is 68.1 Å². The van der Waals surface area contributed by atoms with Crippen LogP contribution in [0, 0.1) is 29.2 Å². The molecule has 0 bridgehead atoms. The minimum absolute atomic E-state index is 0.0212. The molecule has 21 nitrogen and oxygen atoms in total. The first-order valence-electron chi connectivity index (χ1n) is 25.2. The van der Waals surface area contributed by atoms with E-state index in [1.807, 2.05) is 17.9 Å². The van der Waals surface area contributed by atoms with Gasteiger partial charge in [0.2, 0.25) is 29.2 Å². The van der Waals surface area contributed by atoms with Gasteiger partial charge in [0.25, 0.3) is 0 Å². The lowest BCUT2D eigenvalue weighted by Gasteiger charge is -2.32. The van der Waals surface area contributed by atoms with Crippen LogP contribution < -0.4 is 15.8 Å². The van der Waals surface area contributed by atoms with Crippen molar-refractivity contribution in [2.24, 2.45) is 16.6 Å². The zero-order valence-corrected chi connectivity index (χ0v) is 44.6. The topological polar surface area (TPSA) is 261 Å². The van der Waals surface area contributed by atoms with Gasteiger partial charge in [-0.3, -0.25) is 18.9 Å². The fourth-order valence-corrected chi connectivity index (χ4v) is 9.02. The van der Waals surface area contributed by atoms with E-state index in [2.05, 4.69) is 21.1 Å². The van der Waals surface area contributed by atoms with Gasteiger partial charge in [-0.15, -0.1) is 11.3 Å². The zero-order valence-electron chi connectivity index (χ0n) is 42.9. The molecule has 1 saturated heterocycles. The molecule has 0 unspecified atom stereocenters. The number of hydrogen-bond donors (Lipinski definition) is 3. The Hall–Kier alpha value is -4.23. The van der Waals surface area contributed by atoms with Crippen molar-refractivity contribution in [2.75, 3.05) is 152 Å². The minimum atomic E-state index is -5.65. The summed E-state index contributed by atoms with van der Waals surface area (Å²) in [7, 11) is -5.65. The third kappa shape index (κ3) is 24.6. The van der Waals surface area contributed by atoms with Gasteiger partial charge in [-0.1, -0.05) is 6.92 Å². The van der Waals surface area contributed by atoms with E-state index in [9.17, 15) is 40.4 Å². The quantitative estimate of drug-likeness (QED) is 0.0206. The van der Waals surface area contributed by atoms with E-state index in [-0.39, 0.29) is 44.8 Å². The smallest absolute Gasteiger partial charge is 0.313 e. The molecule has 1 aromatic heterocycles. The van der Waals surface area contributed by atoms with Gasteiger partial charge in [0.1, 0.15) is 5.84 Å². The van der Waals surface area contributed by atoms with Crippen LogP contribution in [-0.2, 0) is 78.3 Å². The van der Waals surface area contributed by atoms with Gasteiger partial charge in [0.05, 0.1) is 156 Å². The number of ether oxygens (including phenoxy) is 11. The molecule has 0 aliphatic carbocycles. The summed E-state index contributed by atoms with van der Waals surface area (Å²) in [5, 5.41) is 2.93. The molecular weight excluding hydrogens is 1060 g/mol. The Morgan fingerprint density at radius 1 is 0.697 bits per heavy atom. The molecule has 2 aromatic rings. The van der Waals surface area contributed by atoms with Gasteiger partial charge >= 0.3 is 16.1 Å². The second-order valence-corrected chi connectivity index (χ2v) is 19.5. The summed E-state index contributed by atoms with van der Waals surface area (Å²) < 4.78 is 145. The van der Waals surface area contributed by atoms with Crippen molar-refractivity contribution < 1.29 is 97.0 Å². The van der Waals surface area contributed by atoms with E-state index in [1.165, 1.54) is 4.88 Å². The Kier molecular flexibility index (Phi) is 31.1. The molecule has 0 radical (unpaired) electrons. The van der Waals surface area contributed by atoms with E-state index in [0.29, 0.717) is 136 Å². The number of hydrogen-bond acceptors (Lipinski definition) is 19. The molecule has 0 atom stereocenters. The van der Waals surface area contributed by atoms with Crippen molar-refractivity contribution in [1.82, 2.24) is 10.2 Å². The van der Waals surface area contributed by atoms with Crippen LogP contribution in [0.15, 0.2) is 21.5 Å². The van der Waals surface area contributed by atoms with Crippen LogP contribution in [-0.4, -0.2) is 193 Å². The van der Waals surface area contributed by atoms with E-state index >= 15 is 0 Å². The SMILES string of the molecule is CCCNC(=O)C1=Cc2sc(CCC3CCN(C(=O)CCOCCOCCOCCOCCOCCOCCOCCOCCOCCOCCC(=O)Oc4c(F)c(F)c(S(=O)(=O)O)c(F)c4F)CC3)cc2N=C(N)C1. The van der Waals surface area contributed by atoms with Gasteiger partial charge in [-0.05, 0) is 50.2 Å². The number of fused-ring (bicyclic) bond motifs is 1. The highest BCUT2D eigenvalue weighted by atomic mass is 32.2. The average Bonchev–Trinajstić information content (AvgIpc) is 3.71. The molecule has 2 aliphatic rings. The molecule has 4 rings (SSSR count). The minimum Gasteiger partial charge on any atom is -0.420 e. The van der Waals surface area contributed by atoms with Crippen molar-refractivity contribution >= 4 is 56.8 Å². The van der Waals surface area contributed by atoms with E-state index < -0.39 is 56.4 Å². The number of esters is 1. The standard InChI is InChI=1S/C49H72F4N4O17S2/c1-2-9-55-49(60)36-32-39-38(56-40(54)33-36)34-37(75-39)4-3-35-5-10-57(11-6-35)41(58)7-12-64-14-16-66-18-20-68-22-24-70-26-28-72-30-31-73-29-27-71-25-23-69-21-19-67-17-15-65-13-8-42(59)74-47-43(50)45(52)48(76(61,62)63)46(53)44(47)51/h32,34-35H,2-31,33H2,1H3,(H2,54,56)(H,55,60)(H,61,62,63). The van der Waals surface area contributed by atoms with Crippen LogP contribution in [0.3, 0.4) is 0 Å². The molecule has 76 heavy (non-hydrogen) atoms. The number of rotatable bonds is 41. The van der Waals surface area contributed by atoms with Crippen molar-refractivity contribution in [3.05, 3.63) is 44.7 Å². The predicted molar refractivity (Wildman–Crippen MR) is 268 cm³/mol. The normalized spacial score (nSPS) is 14.1.